The number of benzene rings is 1. The second-order valence-electron chi connectivity index (χ2n) is 8.62. The second-order valence-corrected chi connectivity index (χ2v) is 9.48. The van der Waals surface area contributed by atoms with Crippen molar-refractivity contribution in [3.05, 3.63) is 51.5 Å². The molecule has 0 radical (unpaired) electrons. The molecule has 1 fully saturated rings. The van der Waals surface area contributed by atoms with Gasteiger partial charge < -0.3 is 21.5 Å². The van der Waals surface area contributed by atoms with E-state index in [1.165, 1.54) is 0 Å². The molecular formula is C24H29Cl2N3O4. The predicted octanol–water partition coefficient (Wildman–Crippen LogP) is 4.06. The van der Waals surface area contributed by atoms with Crippen molar-refractivity contribution >= 4 is 46.7 Å². The predicted molar refractivity (Wildman–Crippen MR) is 129 cm³/mol. The molecule has 0 saturated heterocycles. The molecule has 1 aromatic carbocycles. The van der Waals surface area contributed by atoms with Gasteiger partial charge in [0.2, 0.25) is 5.91 Å². The van der Waals surface area contributed by atoms with E-state index in [1.54, 1.807) is 30.3 Å². The zero-order valence-electron chi connectivity index (χ0n) is 18.3. The Balaban J connectivity index is 1.64. The highest BCUT2D eigenvalue weighted by atomic mass is 35.5. The lowest BCUT2D eigenvalue weighted by atomic mass is 9.81. The highest BCUT2D eigenvalue weighted by molar-refractivity contribution is 6.40. The van der Waals surface area contributed by atoms with Gasteiger partial charge in [0, 0.05) is 17.1 Å². The third kappa shape index (κ3) is 6.16. The van der Waals surface area contributed by atoms with Gasteiger partial charge in [-0.25, -0.2) is 4.79 Å². The standard InChI is InChI=1S/C24H29Cl2N3O4/c25-17-4-3-5-18(26)20(17)21(30)28-16-8-6-15(7-9-16)14-19(22(31)32)29-23(33)24(12-13-27)10-1-2-11-24/h4,6-9,19H,1-3,5,10-14,27H2,(H,28,30)(H,29,33)(H,31,32)/t19-/m0/s1. The number of aliphatic carboxylic acids is 1. The number of anilines is 1. The number of carboxylic acids is 1. The van der Waals surface area contributed by atoms with Crippen LogP contribution in [0.4, 0.5) is 5.69 Å². The lowest BCUT2D eigenvalue weighted by Crippen LogP contribution is -2.49. The van der Waals surface area contributed by atoms with E-state index in [0.717, 1.165) is 25.7 Å². The average Bonchev–Trinajstić information content (AvgIpc) is 3.24. The number of nitrogens with one attached hydrogen (secondary N) is 2. The normalized spacial score (nSPS) is 18.5. The fourth-order valence-electron chi connectivity index (χ4n) is 4.50. The summed E-state index contributed by atoms with van der Waals surface area (Å²) in [5.41, 5.74) is 6.65. The smallest absolute Gasteiger partial charge is 0.326 e. The van der Waals surface area contributed by atoms with Gasteiger partial charge in [-0.15, -0.1) is 0 Å². The van der Waals surface area contributed by atoms with Gasteiger partial charge in [0.05, 0.1) is 16.0 Å². The zero-order chi connectivity index (χ0) is 24.0. The van der Waals surface area contributed by atoms with Gasteiger partial charge in [0.1, 0.15) is 6.04 Å². The summed E-state index contributed by atoms with van der Waals surface area (Å²) in [6.45, 7) is 0.390. The Morgan fingerprint density at radius 1 is 1.12 bits per heavy atom. The number of hydrogen-bond acceptors (Lipinski definition) is 4. The van der Waals surface area contributed by atoms with Crippen molar-refractivity contribution in [2.75, 3.05) is 11.9 Å². The minimum absolute atomic E-state index is 0.125. The van der Waals surface area contributed by atoms with Gasteiger partial charge in [-0.3, -0.25) is 9.59 Å². The van der Waals surface area contributed by atoms with Crippen LogP contribution in [0.1, 0.15) is 50.5 Å². The molecule has 0 aromatic heterocycles. The van der Waals surface area contributed by atoms with E-state index in [0.29, 0.717) is 47.1 Å². The number of carbonyl (C=O) groups excluding carboxylic acids is 2. The Morgan fingerprint density at radius 3 is 2.36 bits per heavy atom. The van der Waals surface area contributed by atoms with Crippen LogP contribution in [-0.4, -0.2) is 35.5 Å². The van der Waals surface area contributed by atoms with E-state index in [9.17, 15) is 19.5 Å². The Bertz CT molecular complexity index is 966. The molecule has 2 aliphatic carbocycles. The maximum absolute atomic E-state index is 12.9. The summed E-state index contributed by atoms with van der Waals surface area (Å²) in [5, 5.41) is 15.9. The summed E-state index contributed by atoms with van der Waals surface area (Å²) in [6, 6.07) is 5.74. The van der Waals surface area contributed by atoms with Gasteiger partial charge in [-0.2, -0.15) is 0 Å². The SMILES string of the molecule is NCCC1(C(=O)N[C@@H](Cc2ccc(NC(=O)C3=C(Cl)CCC=C3Cl)cc2)C(=O)O)CCCC1. The molecular weight excluding hydrogens is 465 g/mol. The molecule has 1 atom stereocenters. The summed E-state index contributed by atoms with van der Waals surface area (Å²) in [6.07, 6.45) is 7.05. The van der Waals surface area contributed by atoms with E-state index in [4.69, 9.17) is 28.9 Å². The molecule has 3 rings (SSSR count). The molecule has 0 unspecified atom stereocenters. The molecule has 0 aliphatic heterocycles. The Morgan fingerprint density at radius 2 is 1.79 bits per heavy atom. The van der Waals surface area contributed by atoms with Crippen LogP contribution >= 0.6 is 23.2 Å². The summed E-state index contributed by atoms with van der Waals surface area (Å²) in [4.78, 5) is 37.3. The van der Waals surface area contributed by atoms with Gasteiger partial charge >= 0.3 is 5.97 Å². The van der Waals surface area contributed by atoms with Crippen LogP contribution in [0.25, 0.3) is 0 Å². The number of rotatable bonds is 9. The first-order chi connectivity index (χ1) is 15.8. The van der Waals surface area contributed by atoms with Crippen LogP contribution in [0.3, 0.4) is 0 Å². The maximum Gasteiger partial charge on any atom is 0.326 e. The molecule has 33 heavy (non-hydrogen) atoms. The summed E-state index contributed by atoms with van der Waals surface area (Å²) in [7, 11) is 0. The quantitative estimate of drug-likeness (QED) is 0.413. The average molecular weight is 494 g/mol. The molecule has 1 aromatic rings. The zero-order valence-corrected chi connectivity index (χ0v) is 19.8. The highest BCUT2D eigenvalue weighted by Gasteiger charge is 2.41. The van der Waals surface area contributed by atoms with Crippen LogP contribution < -0.4 is 16.4 Å². The van der Waals surface area contributed by atoms with Crippen LogP contribution in [0.2, 0.25) is 0 Å². The number of hydrogen-bond donors (Lipinski definition) is 4. The maximum atomic E-state index is 12.9. The van der Waals surface area contributed by atoms with Crippen molar-refractivity contribution in [1.29, 1.82) is 0 Å². The molecule has 7 nitrogen and oxygen atoms in total. The van der Waals surface area contributed by atoms with Crippen LogP contribution in [-0.2, 0) is 20.8 Å². The van der Waals surface area contributed by atoms with E-state index >= 15 is 0 Å². The molecule has 178 valence electrons. The minimum atomic E-state index is -1.10. The molecule has 2 amide bonds. The van der Waals surface area contributed by atoms with E-state index < -0.39 is 23.3 Å². The van der Waals surface area contributed by atoms with Crippen molar-refractivity contribution in [3.63, 3.8) is 0 Å². The van der Waals surface area contributed by atoms with Gasteiger partial charge in [0.25, 0.3) is 5.91 Å². The van der Waals surface area contributed by atoms with Crippen LogP contribution in [0.15, 0.2) is 46.0 Å². The third-order valence-electron chi connectivity index (χ3n) is 6.34. The molecule has 1 saturated carbocycles. The third-order valence-corrected chi connectivity index (χ3v) is 7.07. The van der Waals surface area contributed by atoms with E-state index in [2.05, 4.69) is 10.6 Å². The fraction of sp³-hybridized carbons (Fsp3) is 0.458. The van der Waals surface area contributed by atoms with Gasteiger partial charge in [-0.05, 0) is 56.3 Å². The Labute approximate surface area is 203 Å². The minimum Gasteiger partial charge on any atom is -0.480 e. The number of amides is 2. The van der Waals surface area contributed by atoms with Crippen LogP contribution in [0.5, 0.6) is 0 Å². The van der Waals surface area contributed by atoms with Crippen molar-refractivity contribution in [2.24, 2.45) is 11.1 Å². The molecule has 0 spiro atoms. The molecule has 0 bridgehead atoms. The van der Waals surface area contributed by atoms with Gasteiger partial charge in [-0.1, -0.05) is 54.3 Å². The monoisotopic (exact) mass is 493 g/mol. The number of nitrogens with two attached hydrogens (primary N) is 1. The number of carboxylic acid groups (broad SMARTS) is 1. The first kappa shape index (κ1) is 25.3. The molecule has 2 aliphatic rings. The van der Waals surface area contributed by atoms with E-state index in [1.807, 2.05) is 0 Å². The second kappa shape index (κ2) is 11.2. The molecule has 9 heteroatoms. The van der Waals surface area contributed by atoms with Crippen molar-refractivity contribution in [1.82, 2.24) is 5.32 Å². The largest absolute Gasteiger partial charge is 0.480 e. The lowest BCUT2D eigenvalue weighted by molar-refractivity contribution is -0.144. The van der Waals surface area contributed by atoms with E-state index in [-0.39, 0.29) is 17.9 Å². The number of allylic oxidation sites excluding steroid dienone is 2. The number of halogens is 2. The molecule has 5 N–H and O–H groups in total. The topological polar surface area (TPSA) is 122 Å². The summed E-state index contributed by atoms with van der Waals surface area (Å²) < 4.78 is 0. The molecule has 0 heterocycles. The van der Waals surface area contributed by atoms with Crippen molar-refractivity contribution < 1.29 is 19.5 Å². The first-order valence-corrected chi connectivity index (χ1v) is 11.9. The first-order valence-electron chi connectivity index (χ1n) is 11.1. The van der Waals surface area contributed by atoms with Crippen molar-refractivity contribution in [2.45, 2.75) is 57.4 Å². The number of carbonyl (C=O) groups is 3. The fourth-order valence-corrected chi connectivity index (χ4v) is 5.15. The summed E-state index contributed by atoms with van der Waals surface area (Å²) in [5.74, 6) is -1.72. The highest BCUT2D eigenvalue weighted by Crippen LogP contribution is 2.41. The summed E-state index contributed by atoms with van der Waals surface area (Å²) >= 11 is 12.3. The lowest BCUT2D eigenvalue weighted by Gasteiger charge is -2.29. The Kier molecular flexibility index (Phi) is 8.57. The van der Waals surface area contributed by atoms with Crippen LogP contribution in [0, 0.1) is 5.41 Å². The van der Waals surface area contributed by atoms with Gasteiger partial charge in [0.15, 0.2) is 0 Å². The Hall–Kier alpha value is -2.35. The van der Waals surface area contributed by atoms with Crippen molar-refractivity contribution in [3.8, 4) is 0 Å².